The van der Waals surface area contributed by atoms with Crippen molar-refractivity contribution in [1.82, 2.24) is 1.34 Å². The van der Waals surface area contributed by atoms with Crippen LogP contribution in [0.2, 0.25) is 26.6 Å². The van der Waals surface area contributed by atoms with E-state index >= 15 is 0 Å². The summed E-state index contributed by atoms with van der Waals surface area (Å²) in [4.78, 5) is 0. The van der Waals surface area contributed by atoms with Gasteiger partial charge in [-0.2, -0.15) is 0 Å². The summed E-state index contributed by atoms with van der Waals surface area (Å²) in [5.74, 6) is 0. The molecule has 0 atom stereocenters. The minimum absolute atomic E-state index is 1.41. The second-order valence-electron chi connectivity index (χ2n) is 9.81. The first kappa shape index (κ1) is 30.6. The number of hydrogen-bond donors (Lipinski definition) is 0. The number of unbranched alkanes of at least 4 members (excludes halogenated alkanes) is 6. The molecular formula is C26H59NSn2. The molecule has 0 amide bonds. The molecule has 0 unspecified atom stereocenters. The van der Waals surface area contributed by atoms with Crippen LogP contribution in [-0.4, -0.2) is 45.2 Å². The Labute approximate surface area is 196 Å². The van der Waals surface area contributed by atoms with Crippen LogP contribution in [0.5, 0.6) is 0 Å². The molecule has 176 valence electrons. The van der Waals surface area contributed by atoms with Gasteiger partial charge in [0.2, 0.25) is 0 Å². The van der Waals surface area contributed by atoms with Crippen molar-refractivity contribution in [3.05, 3.63) is 0 Å². The molecule has 3 heteroatoms. The Bertz CT molecular complexity index is 283. The van der Waals surface area contributed by atoms with Gasteiger partial charge in [0, 0.05) is 0 Å². The Kier molecular flexibility index (Phi) is 20.1. The Balaban J connectivity index is 6.22. The summed E-state index contributed by atoms with van der Waals surface area (Å²) in [7, 11) is 0. The summed E-state index contributed by atoms with van der Waals surface area (Å²) >= 11 is -4.61. The number of nitrogens with zero attached hydrogens (tertiary/aromatic N) is 1. The molecule has 29 heavy (non-hydrogen) atoms. The first-order valence-corrected chi connectivity index (χ1v) is 28.5. The minimum atomic E-state index is -2.31. The zero-order valence-electron chi connectivity index (χ0n) is 21.9. The molecule has 0 bridgehead atoms. The van der Waals surface area contributed by atoms with E-state index in [4.69, 9.17) is 0 Å². The van der Waals surface area contributed by atoms with Crippen molar-refractivity contribution in [3.63, 3.8) is 0 Å². The molecular weight excluding hydrogens is 564 g/mol. The standard InChI is InChI=1S/6C4H9.C2H5N.2Sn/c6*1-3-4-2;1-2-3;;/h6*1,3-4H2,2H3;2H2,1H3;;. The van der Waals surface area contributed by atoms with Gasteiger partial charge in [0.15, 0.2) is 0 Å². The molecule has 0 aliphatic heterocycles. The SMILES string of the molecule is CCC[CH2][Sn]([CH2]CCC)([CH2]CCC)[N](CC)[Sn]([CH2]CCC)([CH2]CCC)[CH2]CCC. The van der Waals surface area contributed by atoms with Crippen molar-refractivity contribution in [2.24, 2.45) is 0 Å². The van der Waals surface area contributed by atoms with Gasteiger partial charge in [-0.1, -0.05) is 0 Å². The van der Waals surface area contributed by atoms with E-state index in [0.29, 0.717) is 0 Å². The summed E-state index contributed by atoms with van der Waals surface area (Å²) in [6, 6.07) is 0. The molecule has 0 heterocycles. The Morgan fingerprint density at radius 1 is 0.379 bits per heavy atom. The summed E-state index contributed by atoms with van der Waals surface area (Å²) in [6.45, 7) is 18.7. The van der Waals surface area contributed by atoms with Gasteiger partial charge in [-0.05, 0) is 0 Å². The van der Waals surface area contributed by atoms with Crippen molar-refractivity contribution < 1.29 is 0 Å². The van der Waals surface area contributed by atoms with Crippen LogP contribution in [0.3, 0.4) is 0 Å². The molecule has 0 radical (unpaired) electrons. The van der Waals surface area contributed by atoms with Crippen LogP contribution >= 0.6 is 0 Å². The fourth-order valence-corrected chi connectivity index (χ4v) is 70.8. The van der Waals surface area contributed by atoms with Gasteiger partial charge in [-0.3, -0.25) is 0 Å². The number of hydrogen-bond acceptors (Lipinski definition) is 1. The third-order valence-corrected chi connectivity index (χ3v) is 55.9. The summed E-state index contributed by atoms with van der Waals surface area (Å²) in [5.41, 5.74) is 0. The fraction of sp³-hybridized carbons (Fsp3) is 1.00. The van der Waals surface area contributed by atoms with E-state index in [-0.39, 0.29) is 0 Å². The van der Waals surface area contributed by atoms with E-state index in [1.54, 1.807) is 26.6 Å². The third kappa shape index (κ3) is 10.8. The molecule has 0 rings (SSSR count). The molecule has 1 nitrogen and oxygen atoms in total. The topological polar surface area (TPSA) is 3.24 Å². The van der Waals surface area contributed by atoms with Crippen LogP contribution in [0, 0.1) is 0 Å². The van der Waals surface area contributed by atoms with Crippen LogP contribution in [0.4, 0.5) is 0 Å². The normalized spacial score (nSPS) is 12.8. The Morgan fingerprint density at radius 2 is 0.586 bits per heavy atom. The predicted molar refractivity (Wildman–Crippen MR) is 142 cm³/mol. The number of rotatable bonds is 21. The molecule has 0 aromatic carbocycles. The van der Waals surface area contributed by atoms with E-state index in [2.05, 4.69) is 49.8 Å². The quantitative estimate of drug-likeness (QED) is 0.115. The first-order chi connectivity index (χ1) is 14.1. The molecule has 0 aliphatic carbocycles. The van der Waals surface area contributed by atoms with E-state index in [1.807, 2.05) is 0 Å². The summed E-state index contributed by atoms with van der Waals surface area (Å²) in [6.07, 6.45) is 17.6. The van der Waals surface area contributed by atoms with Gasteiger partial charge < -0.3 is 0 Å². The maximum atomic E-state index is 3.56. The van der Waals surface area contributed by atoms with Crippen molar-refractivity contribution in [2.45, 2.75) is 152 Å². The zero-order chi connectivity index (χ0) is 22.0. The maximum absolute atomic E-state index is 3.56. The van der Waals surface area contributed by atoms with Crippen LogP contribution < -0.4 is 0 Å². The van der Waals surface area contributed by atoms with Crippen molar-refractivity contribution >= 4 is 37.3 Å². The molecule has 0 saturated heterocycles. The third-order valence-electron chi connectivity index (χ3n) is 7.44. The van der Waals surface area contributed by atoms with Crippen LogP contribution in [0.15, 0.2) is 0 Å². The second kappa shape index (κ2) is 19.1. The van der Waals surface area contributed by atoms with Gasteiger partial charge in [-0.15, -0.1) is 0 Å². The van der Waals surface area contributed by atoms with Gasteiger partial charge >= 0.3 is 197 Å². The van der Waals surface area contributed by atoms with Crippen molar-refractivity contribution in [3.8, 4) is 0 Å². The average Bonchev–Trinajstić information content (AvgIpc) is 2.75. The predicted octanol–water partition coefficient (Wildman–Crippen LogP) is 10.00. The van der Waals surface area contributed by atoms with E-state index in [9.17, 15) is 0 Å². The molecule has 0 saturated carbocycles. The first-order valence-electron chi connectivity index (χ1n) is 13.8. The van der Waals surface area contributed by atoms with E-state index in [1.165, 1.54) is 83.6 Å². The summed E-state index contributed by atoms with van der Waals surface area (Å²) < 4.78 is 13.7. The monoisotopic (exact) mass is 625 g/mol. The zero-order valence-corrected chi connectivity index (χ0v) is 27.6. The molecule has 0 N–H and O–H groups in total. The summed E-state index contributed by atoms with van der Waals surface area (Å²) in [5, 5.41) is 0. The molecule has 0 aliphatic rings. The molecule has 0 aromatic heterocycles. The van der Waals surface area contributed by atoms with E-state index in [0.717, 1.165) is 0 Å². The van der Waals surface area contributed by atoms with Crippen molar-refractivity contribution in [1.29, 1.82) is 0 Å². The Morgan fingerprint density at radius 3 is 0.724 bits per heavy atom. The average molecular weight is 623 g/mol. The van der Waals surface area contributed by atoms with Crippen LogP contribution in [0.1, 0.15) is 126 Å². The van der Waals surface area contributed by atoms with Gasteiger partial charge in [-0.25, -0.2) is 0 Å². The molecule has 0 aromatic rings. The second-order valence-corrected chi connectivity index (χ2v) is 39.1. The van der Waals surface area contributed by atoms with Gasteiger partial charge in [0.25, 0.3) is 0 Å². The Hall–Kier alpha value is 1.56. The van der Waals surface area contributed by atoms with Gasteiger partial charge in [0.1, 0.15) is 0 Å². The van der Waals surface area contributed by atoms with Crippen LogP contribution in [-0.2, 0) is 0 Å². The van der Waals surface area contributed by atoms with E-state index < -0.39 is 37.3 Å². The van der Waals surface area contributed by atoms with Crippen molar-refractivity contribution in [2.75, 3.05) is 6.54 Å². The van der Waals surface area contributed by atoms with Crippen LogP contribution in [0.25, 0.3) is 0 Å². The molecule has 0 fully saturated rings. The fourth-order valence-electron chi connectivity index (χ4n) is 5.77. The molecule has 0 spiro atoms. The van der Waals surface area contributed by atoms with Gasteiger partial charge in [0.05, 0.1) is 0 Å².